The van der Waals surface area contributed by atoms with E-state index in [1.807, 2.05) is 37.3 Å². The smallest absolute Gasteiger partial charge is 0.243 e. The van der Waals surface area contributed by atoms with Gasteiger partial charge in [-0.3, -0.25) is 4.79 Å². The van der Waals surface area contributed by atoms with Gasteiger partial charge in [-0.1, -0.05) is 37.6 Å². The van der Waals surface area contributed by atoms with E-state index < -0.39 is 0 Å². The van der Waals surface area contributed by atoms with Crippen molar-refractivity contribution in [3.8, 4) is 5.75 Å². The van der Waals surface area contributed by atoms with E-state index in [-0.39, 0.29) is 12.5 Å². The van der Waals surface area contributed by atoms with Crippen LogP contribution in [0.1, 0.15) is 19.4 Å². The molecule has 0 aliphatic rings. The number of anilines is 2. The largest absolute Gasteiger partial charge is 0.493 e. The van der Waals surface area contributed by atoms with Crippen molar-refractivity contribution in [3.05, 3.63) is 53.1 Å². The van der Waals surface area contributed by atoms with Gasteiger partial charge in [0.1, 0.15) is 5.75 Å². The average molecular weight is 347 g/mol. The molecular formula is C19H23ClN2O2. The van der Waals surface area contributed by atoms with Gasteiger partial charge in [-0.05, 0) is 42.7 Å². The highest BCUT2D eigenvalue weighted by Gasteiger charge is 2.06. The Morgan fingerprint density at radius 2 is 2.00 bits per heavy atom. The number of benzene rings is 2. The first-order valence-electron chi connectivity index (χ1n) is 7.97. The minimum Gasteiger partial charge on any atom is -0.493 e. The average Bonchev–Trinajstić information content (AvgIpc) is 2.55. The quantitative estimate of drug-likeness (QED) is 0.761. The van der Waals surface area contributed by atoms with Gasteiger partial charge in [0.05, 0.1) is 13.2 Å². The van der Waals surface area contributed by atoms with Crippen molar-refractivity contribution >= 4 is 28.9 Å². The summed E-state index contributed by atoms with van der Waals surface area (Å²) >= 11 is 5.96. The van der Waals surface area contributed by atoms with E-state index in [1.165, 1.54) is 0 Å². The van der Waals surface area contributed by atoms with Gasteiger partial charge in [-0.2, -0.15) is 0 Å². The molecular weight excluding hydrogens is 324 g/mol. The van der Waals surface area contributed by atoms with Crippen LogP contribution in [-0.2, 0) is 4.79 Å². The summed E-state index contributed by atoms with van der Waals surface area (Å²) in [5, 5.41) is 6.56. The molecule has 24 heavy (non-hydrogen) atoms. The molecule has 0 spiro atoms. The second-order valence-corrected chi connectivity index (χ2v) is 6.53. The van der Waals surface area contributed by atoms with E-state index in [1.54, 1.807) is 12.1 Å². The summed E-state index contributed by atoms with van der Waals surface area (Å²) in [6.07, 6.45) is 0. The molecule has 0 aliphatic heterocycles. The maximum absolute atomic E-state index is 12.1. The summed E-state index contributed by atoms with van der Waals surface area (Å²) in [5.74, 6) is 1.13. The molecule has 5 heteroatoms. The third kappa shape index (κ3) is 5.78. The van der Waals surface area contributed by atoms with Crippen LogP contribution in [0.4, 0.5) is 11.4 Å². The Kier molecular flexibility index (Phi) is 6.50. The number of ether oxygens (including phenoxy) is 1. The van der Waals surface area contributed by atoms with E-state index in [0.717, 1.165) is 22.7 Å². The Morgan fingerprint density at radius 1 is 1.21 bits per heavy atom. The molecule has 2 rings (SSSR count). The minimum absolute atomic E-state index is 0.131. The third-order valence-corrected chi connectivity index (χ3v) is 3.58. The molecule has 0 radical (unpaired) electrons. The predicted octanol–water partition coefficient (Wildman–Crippen LogP) is 4.73. The summed E-state index contributed by atoms with van der Waals surface area (Å²) < 4.78 is 5.68. The molecule has 2 N–H and O–H groups in total. The van der Waals surface area contributed by atoms with Crippen molar-refractivity contribution in [1.29, 1.82) is 0 Å². The van der Waals surface area contributed by atoms with Gasteiger partial charge in [0.15, 0.2) is 0 Å². The molecule has 4 nitrogen and oxygen atoms in total. The second kappa shape index (κ2) is 8.60. The number of carbonyl (C=O) groups is 1. The first kappa shape index (κ1) is 18.1. The van der Waals surface area contributed by atoms with Gasteiger partial charge >= 0.3 is 0 Å². The molecule has 0 heterocycles. The van der Waals surface area contributed by atoms with Crippen molar-refractivity contribution in [1.82, 2.24) is 0 Å². The van der Waals surface area contributed by atoms with Gasteiger partial charge in [0, 0.05) is 22.5 Å². The van der Waals surface area contributed by atoms with Crippen molar-refractivity contribution in [3.63, 3.8) is 0 Å². The number of halogens is 1. The number of amides is 1. The van der Waals surface area contributed by atoms with Crippen molar-refractivity contribution in [2.45, 2.75) is 20.8 Å². The summed E-state index contributed by atoms with van der Waals surface area (Å²) in [5.41, 5.74) is 2.54. The summed E-state index contributed by atoms with van der Waals surface area (Å²) in [7, 11) is 0. The highest BCUT2D eigenvalue weighted by atomic mass is 35.5. The van der Waals surface area contributed by atoms with Crippen molar-refractivity contribution in [2.75, 3.05) is 23.8 Å². The van der Waals surface area contributed by atoms with Crippen LogP contribution in [-0.4, -0.2) is 19.1 Å². The Labute approximate surface area is 148 Å². The van der Waals surface area contributed by atoms with Crippen LogP contribution < -0.4 is 15.4 Å². The number of carbonyl (C=O) groups excluding carboxylic acids is 1. The van der Waals surface area contributed by atoms with E-state index >= 15 is 0 Å². The first-order chi connectivity index (χ1) is 11.4. The van der Waals surface area contributed by atoms with Crippen molar-refractivity contribution in [2.24, 2.45) is 5.92 Å². The zero-order chi connectivity index (χ0) is 17.5. The lowest BCUT2D eigenvalue weighted by Gasteiger charge is -2.12. The number of hydrogen-bond acceptors (Lipinski definition) is 3. The molecule has 0 atom stereocenters. The zero-order valence-corrected chi connectivity index (χ0v) is 15.0. The molecule has 1 amide bonds. The number of rotatable bonds is 7. The fraction of sp³-hybridized carbons (Fsp3) is 0.316. The Balaban J connectivity index is 1.89. The predicted molar refractivity (Wildman–Crippen MR) is 100 cm³/mol. The third-order valence-electron chi connectivity index (χ3n) is 3.34. The molecule has 0 aliphatic carbocycles. The van der Waals surface area contributed by atoms with Crippen LogP contribution in [0.3, 0.4) is 0 Å². The van der Waals surface area contributed by atoms with Gasteiger partial charge < -0.3 is 15.4 Å². The lowest BCUT2D eigenvalue weighted by molar-refractivity contribution is -0.114. The molecule has 0 bridgehead atoms. The first-order valence-corrected chi connectivity index (χ1v) is 8.34. The van der Waals surface area contributed by atoms with Crippen LogP contribution in [0.2, 0.25) is 5.02 Å². The summed E-state index contributed by atoms with van der Waals surface area (Å²) in [4.78, 5) is 12.1. The van der Waals surface area contributed by atoms with E-state index in [4.69, 9.17) is 16.3 Å². The van der Waals surface area contributed by atoms with Gasteiger partial charge in [0.25, 0.3) is 0 Å². The van der Waals surface area contributed by atoms with Crippen LogP contribution >= 0.6 is 11.6 Å². The fourth-order valence-corrected chi connectivity index (χ4v) is 2.24. The van der Waals surface area contributed by atoms with Crippen LogP contribution in [0.5, 0.6) is 5.75 Å². The molecule has 0 saturated heterocycles. The van der Waals surface area contributed by atoms with Crippen LogP contribution in [0, 0.1) is 12.8 Å². The second-order valence-electron chi connectivity index (χ2n) is 6.09. The number of aryl methyl sites for hydroxylation is 1. The molecule has 2 aromatic carbocycles. The summed E-state index contributed by atoms with van der Waals surface area (Å²) in [6.45, 7) is 6.96. The maximum atomic E-state index is 12.1. The topological polar surface area (TPSA) is 50.4 Å². The van der Waals surface area contributed by atoms with Gasteiger partial charge in [-0.25, -0.2) is 0 Å². The van der Waals surface area contributed by atoms with Crippen LogP contribution in [0.15, 0.2) is 42.5 Å². The number of nitrogens with one attached hydrogen (secondary N) is 2. The molecule has 0 aromatic heterocycles. The monoisotopic (exact) mass is 346 g/mol. The van der Waals surface area contributed by atoms with Crippen molar-refractivity contribution < 1.29 is 9.53 Å². The zero-order valence-electron chi connectivity index (χ0n) is 14.2. The molecule has 0 unspecified atom stereocenters. The SMILES string of the molecule is Cc1ccc(Cl)cc1NC(=O)CNc1cccc(OCC(C)C)c1. The molecule has 0 fully saturated rings. The summed E-state index contributed by atoms with van der Waals surface area (Å²) in [6, 6.07) is 13.0. The maximum Gasteiger partial charge on any atom is 0.243 e. The minimum atomic E-state index is -0.131. The Bertz CT molecular complexity index is 702. The number of hydrogen-bond donors (Lipinski definition) is 2. The molecule has 0 saturated carbocycles. The molecule has 128 valence electrons. The van der Waals surface area contributed by atoms with E-state index in [9.17, 15) is 4.79 Å². The fourth-order valence-electron chi connectivity index (χ4n) is 2.06. The lowest BCUT2D eigenvalue weighted by Crippen LogP contribution is -2.22. The van der Waals surface area contributed by atoms with Gasteiger partial charge in [-0.15, -0.1) is 0 Å². The van der Waals surface area contributed by atoms with Crippen LogP contribution in [0.25, 0.3) is 0 Å². The van der Waals surface area contributed by atoms with E-state index in [0.29, 0.717) is 17.5 Å². The highest BCUT2D eigenvalue weighted by Crippen LogP contribution is 2.20. The van der Waals surface area contributed by atoms with Gasteiger partial charge in [0.2, 0.25) is 5.91 Å². The standard InChI is InChI=1S/C19H23ClN2O2/c1-13(2)12-24-17-6-4-5-16(10-17)21-11-19(23)22-18-9-15(20)8-7-14(18)3/h4-10,13,21H,11-12H2,1-3H3,(H,22,23). The Hall–Kier alpha value is -2.20. The normalized spacial score (nSPS) is 10.5. The Morgan fingerprint density at radius 3 is 2.75 bits per heavy atom. The highest BCUT2D eigenvalue weighted by molar-refractivity contribution is 6.31. The van der Waals surface area contributed by atoms with E-state index in [2.05, 4.69) is 24.5 Å². The lowest BCUT2D eigenvalue weighted by atomic mass is 10.2. The molecule has 2 aromatic rings.